The van der Waals surface area contributed by atoms with Gasteiger partial charge in [0.15, 0.2) is 0 Å². The summed E-state index contributed by atoms with van der Waals surface area (Å²) in [4.78, 5) is 12.1. The number of hydrogen-bond acceptors (Lipinski definition) is 3. The van der Waals surface area contributed by atoms with Crippen LogP contribution in [0.25, 0.3) is 26.8 Å². The molecule has 0 fully saturated rings. The third kappa shape index (κ3) is 5.80. The van der Waals surface area contributed by atoms with Crippen LogP contribution in [0.15, 0.2) is 42.5 Å². The van der Waals surface area contributed by atoms with Gasteiger partial charge in [-0.2, -0.15) is 0 Å². The number of aliphatic carboxylic acids is 1. The molecule has 0 saturated heterocycles. The number of carbonyl (C=O) groups is 1. The van der Waals surface area contributed by atoms with Gasteiger partial charge in [-0.3, -0.25) is 0 Å². The van der Waals surface area contributed by atoms with Gasteiger partial charge in [0.25, 0.3) is 6.43 Å². The molecule has 0 saturated carbocycles. The van der Waals surface area contributed by atoms with Gasteiger partial charge in [-0.1, -0.05) is 59.7 Å². The van der Waals surface area contributed by atoms with Gasteiger partial charge in [0.2, 0.25) is 0 Å². The van der Waals surface area contributed by atoms with Crippen molar-refractivity contribution in [3.8, 4) is 16.9 Å². The fourth-order valence-corrected chi connectivity index (χ4v) is 5.22. The maximum absolute atomic E-state index is 13.4. The molecule has 0 bridgehead atoms. The lowest BCUT2D eigenvalue weighted by molar-refractivity contribution is -0.131. The standard InChI is InChI=1S/C30H36F2O3S/c1-8-29(4,5)19-14-22(28(35-17-26(31)32)23(15-19)30(6,7)9-2)20-11-10-12-24-21(20)16-25(36-24)18(3)13-27(33)34/h10-16,26H,8-9,17H2,1-7H3,(H,33,34)/b18-13+. The first kappa shape index (κ1) is 27.9. The minimum absolute atomic E-state index is 0.122. The predicted octanol–water partition coefficient (Wildman–Crippen LogP) is 9.08. The summed E-state index contributed by atoms with van der Waals surface area (Å²) in [5.41, 5.74) is 4.00. The first-order chi connectivity index (χ1) is 16.8. The van der Waals surface area contributed by atoms with E-state index in [9.17, 15) is 18.7 Å². The minimum Gasteiger partial charge on any atom is -0.487 e. The molecule has 1 heterocycles. The van der Waals surface area contributed by atoms with Crippen LogP contribution >= 0.6 is 11.3 Å². The first-order valence-corrected chi connectivity index (χ1v) is 13.2. The molecule has 36 heavy (non-hydrogen) atoms. The predicted molar refractivity (Wildman–Crippen MR) is 147 cm³/mol. The minimum atomic E-state index is -2.59. The lowest BCUT2D eigenvalue weighted by Crippen LogP contribution is -2.22. The van der Waals surface area contributed by atoms with Crippen molar-refractivity contribution >= 4 is 33.0 Å². The number of ether oxygens (including phenoxy) is 1. The van der Waals surface area contributed by atoms with Crippen LogP contribution < -0.4 is 4.74 Å². The molecule has 0 amide bonds. The number of alkyl halides is 2. The van der Waals surface area contributed by atoms with Gasteiger partial charge in [0, 0.05) is 32.2 Å². The molecular weight excluding hydrogens is 478 g/mol. The fourth-order valence-electron chi connectivity index (χ4n) is 4.17. The highest BCUT2D eigenvalue weighted by Crippen LogP contribution is 2.47. The number of hydrogen-bond donors (Lipinski definition) is 1. The quantitative estimate of drug-likeness (QED) is 0.275. The molecule has 3 aromatic rings. The Kier molecular flexibility index (Phi) is 8.29. The number of benzene rings is 2. The van der Waals surface area contributed by atoms with Gasteiger partial charge in [0.05, 0.1) is 0 Å². The van der Waals surface area contributed by atoms with Gasteiger partial charge in [-0.15, -0.1) is 11.3 Å². The molecule has 3 nitrogen and oxygen atoms in total. The van der Waals surface area contributed by atoms with Crippen LogP contribution in [-0.4, -0.2) is 24.1 Å². The van der Waals surface area contributed by atoms with Gasteiger partial charge in [-0.25, -0.2) is 13.6 Å². The van der Waals surface area contributed by atoms with Crippen molar-refractivity contribution in [3.63, 3.8) is 0 Å². The summed E-state index contributed by atoms with van der Waals surface area (Å²) in [6.07, 6.45) is 0.351. The smallest absolute Gasteiger partial charge is 0.328 e. The van der Waals surface area contributed by atoms with Crippen LogP contribution in [0.1, 0.15) is 77.3 Å². The summed E-state index contributed by atoms with van der Waals surface area (Å²) in [7, 11) is 0. The summed E-state index contributed by atoms with van der Waals surface area (Å²) < 4.78 is 33.6. The van der Waals surface area contributed by atoms with E-state index in [-0.39, 0.29) is 10.8 Å². The highest BCUT2D eigenvalue weighted by Gasteiger charge is 2.30. The molecule has 0 radical (unpaired) electrons. The SMILES string of the molecule is CCC(C)(C)c1cc(-c2cccc3sc(/C(C)=C/C(=O)O)cc23)c(OCC(F)F)c(C(C)(C)CC)c1. The number of fused-ring (bicyclic) bond motifs is 1. The molecule has 0 unspecified atom stereocenters. The van der Waals surface area contributed by atoms with Gasteiger partial charge >= 0.3 is 5.97 Å². The second kappa shape index (κ2) is 10.7. The maximum Gasteiger partial charge on any atom is 0.328 e. The summed E-state index contributed by atoms with van der Waals surface area (Å²) in [6, 6.07) is 12.2. The fraction of sp³-hybridized carbons (Fsp3) is 0.433. The van der Waals surface area contributed by atoms with E-state index in [2.05, 4.69) is 53.7 Å². The van der Waals surface area contributed by atoms with Crippen LogP contribution in [0, 0.1) is 0 Å². The topological polar surface area (TPSA) is 46.5 Å². The van der Waals surface area contributed by atoms with Crippen LogP contribution in [-0.2, 0) is 15.6 Å². The van der Waals surface area contributed by atoms with E-state index in [0.29, 0.717) is 11.3 Å². The molecule has 0 aliphatic carbocycles. The Labute approximate surface area is 216 Å². The van der Waals surface area contributed by atoms with E-state index in [1.807, 2.05) is 24.3 Å². The number of halogens is 2. The van der Waals surface area contributed by atoms with Crippen molar-refractivity contribution in [2.24, 2.45) is 0 Å². The number of allylic oxidation sites excluding steroid dienone is 1. The Hall–Kier alpha value is -2.73. The third-order valence-electron chi connectivity index (χ3n) is 7.30. The number of thiophene rings is 1. The highest BCUT2D eigenvalue weighted by molar-refractivity contribution is 7.20. The molecule has 0 aliphatic heterocycles. The first-order valence-electron chi connectivity index (χ1n) is 12.3. The highest BCUT2D eigenvalue weighted by atomic mass is 32.1. The molecular formula is C30H36F2O3S. The number of carboxylic acids is 1. The maximum atomic E-state index is 13.4. The average molecular weight is 515 g/mol. The third-order valence-corrected chi connectivity index (χ3v) is 8.54. The number of rotatable bonds is 10. The molecule has 1 N–H and O–H groups in total. The van der Waals surface area contributed by atoms with Crippen LogP contribution in [0.4, 0.5) is 8.78 Å². The van der Waals surface area contributed by atoms with Gasteiger partial charge in [-0.05, 0) is 65.5 Å². The van der Waals surface area contributed by atoms with Crippen molar-refractivity contribution in [2.45, 2.75) is 78.6 Å². The Morgan fingerprint density at radius 1 is 1.06 bits per heavy atom. The van der Waals surface area contributed by atoms with Gasteiger partial charge in [0.1, 0.15) is 12.4 Å². The Morgan fingerprint density at radius 2 is 1.72 bits per heavy atom. The normalized spacial score (nSPS) is 13.0. The lowest BCUT2D eigenvalue weighted by Gasteiger charge is -2.32. The van der Waals surface area contributed by atoms with E-state index in [0.717, 1.165) is 50.1 Å². The zero-order valence-corrected chi connectivity index (χ0v) is 23.0. The van der Waals surface area contributed by atoms with Crippen molar-refractivity contribution in [3.05, 3.63) is 58.5 Å². The van der Waals surface area contributed by atoms with Crippen molar-refractivity contribution in [1.29, 1.82) is 0 Å². The zero-order chi connectivity index (χ0) is 26.8. The Morgan fingerprint density at radius 3 is 2.31 bits per heavy atom. The molecule has 1 aromatic heterocycles. The molecule has 6 heteroatoms. The van der Waals surface area contributed by atoms with E-state index < -0.39 is 19.0 Å². The zero-order valence-electron chi connectivity index (χ0n) is 22.2. The van der Waals surface area contributed by atoms with Crippen LogP contribution in [0.5, 0.6) is 5.75 Å². The molecule has 194 valence electrons. The summed E-state index contributed by atoms with van der Waals surface area (Å²) in [5.74, 6) is -0.496. The van der Waals surface area contributed by atoms with E-state index in [1.165, 1.54) is 17.4 Å². The van der Waals surface area contributed by atoms with Crippen molar-refractivity contribution in [2.75, 3.05) is 6.61 Å². The van der Waals surface area contributed by atoms with Crippen molar-refractivity contribution < 1.29 is 23.4 Å². The Bertz CT molecular complexity index is 1280. The Balaban J connectivity index is 2.40. The van der Waals surface area contributed by atoms with Crippen LogP contribution in [0.2, 0.25) is 0 Å². The van der Waals surface area contributed by atoms with E-state index in [1.54, 1.807) is 6.92 Å². The van der Waals surface area contributed by atoms with Crippen molar-refractivity contribution in [1.82, 2.24) is 0 Å². The van der Waals surface area contributed by atoms with Crippen LogP contribution in [0.3, 0.4) is 0 Å². The summed E-state index contributed by atoms with van der Waals surface area (Å²) in [6.45, 7) is 14.0. The molecule has 0 atom stereocenters. The second-order valence-electron chi connectivity index (χ2n) is 10.6. The van der Waals surface area contributed by atoms with E-state index >= 15 is 0 Å². The molecule has 2 aromatic carbocycles. The molecule has 0 spiro atoms. The average Bonchev–Trinajstić information content (AvgIpc) is 3.26. The van der Waals surface area contributed by atoms with Gasteiger partial charge < -0.3 is 9.84 Å². The summed E-state index contributed by atoms with van der Waals surface area (Å²) in [5, 5.41) is 10.2. The molecule has 0 aliphatic rings. The second-order valence-corrected chi connectivity index (χ2v) is 11.7. The van der Waals surface area contributed by atoms with E-state index in [4.69, 9.17) is 4.74 Å². The lowest BCUT2D eigenvalue weighted by atomic mass is 9.74. The monoisotopic (exact) mass is 514 g/mol. The molecule has 3 rings (SSSR count). The number of carboxylic acid groups (broad SMARTS) is 1. The largest absolute Gasteiger partial charge is 0.487 e. The summed E-state index contributed by atoms with van der Waals surface area (Å²) >= 11 is 1.52.